The SMILES string of the molecule is O=[N+]([O-])c1ccc(-n2cc(Br)cn2)c2ccncc12. The first-order valence-electron chi connectivity index (χ1n) is 5.38. The first kappa shape index (κ1) is 11.8. The van der Waals surface area contributed by atoms with Crippen molar-refractivity contribution in [3.8, 4) is 5.69 Å². The molecular formula is C12H7BrN4O2. The number of nitro benzene ring substituents is 1. The molecule has 0 unspecified atom stereocenters. The Bertz CT molecular complexity index is 784. The second-order valence-electron chi connectivity index (χ2n) is 3.89. The maximum atomic E-state index is 11.0. The molecule has 0 radical (unpaired) electrons. The van der Waals surface area contributed by atoms with Crippen LogP contribution in [-0.4, -0.2) is 19.7 Å². The number of hydrogen-bond donors (Lipinski definition) is 0. The molecule has 2 aromatic heterocycles. The van der Waals surface area contributed by atoms with Crippen LogP contribution in [0.1, 0.15) is 0 Å². The quantitative estimate of drug-likeness (QED) is 0.537. The lowest BCUT2D eigenvalue weighted by atomic mass is 10.1. The zero-order valence-corrected chi connectivity index (χ0v) is 11.1. The van der Waals surface area contributed by atoms with Crippen LogP contribution in [0.2, 0.25) is 0 Å². The highest BCUT2D eigenvalue weighted by Gasteiger charge is 2.15. The summed E-state index contributed by atoms with van der Waals surface area (Å²) in [4.78, 5) is 14.6. The average molecular weight is 319 g/mol. The van der Waals surface area contributed by atoms with E-state index in [1.807, 2.05) is 0 Å². The lowest BCUT2D eigenvalue weighted by molar-refractivity contribution is -0.383. The van der Waals surface area contributed by atoms with Crippen molar-refractivity contribution in [3.63, 3.8) is 0 Å². The maximum Gasteiger partial charge on any atom is 0.278 e. The van der Waals surface area contributed by atoms with Gasteiger partial charge >= 0.3 is 0 Å². The van der Waals surface area contributed by atoms with E-state index in [-0.39, 0.29) is 5.69 Å². The van der Waals surface area contributed by atoms with Crippen molar-refractivity contribution in [2.24, 2.45) is 0 Å². The Balaban J connectivity index is 2.34. The third-order valence-electron chi connectivity index (χ3n) is 2.77. The van der Waals surface area contributed by atoms with Gasteiger partial charge in [-0.1, -0.05) is 0 Å². The van der Waals surface area contributed by atoms with E-state index >= 15 is 0 Å². The molecule has 0 aliphatic carbocycles. The Labute approximate surface area is 116 Å². The van der Waals surface area contributed by atoms with Crippen molar-refractivity contribution in [1.29, 1.82) is 0 Å². The Hall–Kier alpha value is -2.28. The van der Waals surface area contributed by atoms with E-state index in [1.54, 1.807) is 35.4 Å². The monoisotopic (exact) mass is 318 g/mol. The van der Waals surface area contributed by atoms with Crippen molar-refractivity contribution in [2.75, 3.05) is 0 Å². The van der Waals surface area contributed by atoms with Gasteiger partial charge < -0.3 is 0 Å². The first-order valence-corrected chi connectivity index (χ1v) is 6.18. The normalized spacial score (nSPS) is 10.8. The van der Waals surface area contributed by atoms with Crippen LogP contribution in [0.5, 0.6) is 0 Å². The van der Waals surface area contributed by atoms with Crippen molar-refractivity contribution in [1.82, 2.24) is 14.8 Å². The van der Waals surface area contributed by atoms with Crippen molar-refractivity contribution >= 4 is 32.4 Å². The minimum absolute atomic E-state index is 0.0399. The summed E-state index contributed by atoms with van der Waals surface area (Å²) in [6.07, 6.45) is 6.55. The summed E-state index contributed by atoms with van der Waals surface area (Å²) < 4.78 is 2.50. The number of hydrogen-bond acceptors (Lipinski definition) is 4. The number of benzene rings is 1. The lowest BCUT2D eigenvalue weighted by Crippen LogP contribution is -1.98. The number of fused-ring (bicyclic) bond motifs is 1. The summed E-state index contributed by atoms with van der Waals surface area (Å²) in [6.45, 7) is 0. The molecule has 3 rings (SSSR count). The standard InChI is InChI=1S/C12H7BrN4O2/c13-8-5-15-16(7-8)11-1-2-12(17(18)19)10-6-14-4-3-9(10)11/h1-7H. The predicted molar refractivity (Wildman–Crippen MR) is 73.2 cm³/mol. The molecule has 0 saturated carbocycles. The molecule has 0 atom stereocenters. The third-order valence-corrected chi connectivity index (χ3v) is 3.18. The van der Waals surface area contributed by atoms with E-state index in [1.165, 1.54) is 12.3 Å². The first-order chi connectivity index (χ1) is 9.16. The van der Waals surface area contributed by atoms with E-state index in [9.17, 15) is 10.1 Å². The summed E-state index contributed by atoms with van der Waals surface area (Å²) >= 11 is 3.33. The minimum atomic E-state index is -0.410. The fourth-order valence-corrected chi connectivity index (χ4v) is 2.24. The van der Waals surface area contributed by atoms with Gasteiger partial charge in [0.25, 0.3) is 5.69 Å². The number of non-ortho nitro benzene ring substituents is 1. The van der Waals surface area contributed by atoms with Crippen LogP contribution in [0.3, 0.4) is 0 Å². The molecule has 0 amide bonds. The number of rotatable bonds is 2. The summed E-state index contributed by atoms with van der Waals surface area (Å²) in [7, 11) is 0. The molecule has 0 saturated heterocycles. The summed E-state index contributed by atoms with van der Waals surface area (Å²) in [6, 6.07) is 4.89. The number of halogens is 1. The third kappa shape index (κ3) is 1.97. The van der Waals surface area contributed by atoms with E-state index in [0.29, 0.717) is 5.39 Å². The molecule has 19 heavy (non-hydrogen) atoms. The van der Waals surface area contributed by atoms with Gasteiger partial charge in [-0.3, -0.25) is 15.1 Å². The summed E-state index contributed by atoms with van der Waals surface area (Å²) in [5.41, 5.74) is 0.812. The molecule has 2 heterocycles. The number of nitro groups is 1. The zero-order chi connectivity index (χ0) is 13.4. The van der Waals surface area contributed by atoms with Crippen molar-refractivity contribution in [2.45, 2.75) is 0 Å². The second kappa shape index (κ2) is 4.43. The molecule has 0 spiro atoms. The van der Waals surface area contributed by atoms with E-state index in [2.05, 4.69) is 26.0 Å². The summed E-state index contributed by atoms with van der Waals surface area (Å²) in [5, 5.41) is 16.4. The van der Waals surface area contributed by atoms with Gasteiger partial charge in [0, 0.05) is 30.0 Å². The van der Waals surface area contributed by atoms with Crippen LogP contribution in [0.15, 0.2) is 47.5 Å². The average Bonchev–Trinajstić information content (AvgIpc) is 2.83. The van der Waals surface area contributed by atoms with Gasteiger partial charge in [0.1, 0.15) is 0 Å². The fourth-order valence-electron chi connectivity index (χ4n) is 1.95. The molecule has 7 heteroatoms. The topological polar surface area (TPSA) is 73.8 Å². The van der Waals surface area contributed by atoms with E-state index in [4.69, 9.17) is 0 Å². The van der Waals surface area contributed by atoms with Gasteiger partial charge in [0.2, 0.25) is 0 Å². The smallest absolute Gasteiger partial charge is 0.264 e. The van der Waals surface area contributed by atoms with Gasteiger partial charge in [-0.2, -0.15) is 5.10 Å². The van der Waals surface area contributed by atoms with Gasteiger partial charge in [0.05, 0.1) is 26.7 Å². The molecule has 0 aliphatic heterocycles. The van der Waals surface area contributed by atoms with Gasteiger partial charge in [-0.15, -0.1) is 0 Å². The van der Waals surface area contributed by atoms with Crippen molar-refractivity contribution in [3.05, 3.63) is 57.6 Å². The van der Waals surface area contributed by atoms with Crippen LogP contribution >= 0.6 is 15.9 Å². The molecule has 0 N–H and O–H groups in total. The molecule has 0 fully saturated rings. The summed E-state index contributed by atoms with van der Waals surface area (Å²) in [5.74, 6) is 0. The van der Waals surface area contributed by atoms with Crippen LogP contribution < -0.4 is 0 Å². The largest absolute Gasteiger partial charge is 0.278 e. The number of aromatic nitrogens is 3. The molecule has 0 bridgehead atoms. The Morgan fingerprint density at radius 2 is 2.05 bits per heavy atom. The van der Waals surface area contributed by atoms with Gasteiger partial charge in [0.15, 0.2) is 0 Å². The van der Waals surface area contributed by atoms with E-state index in [0.717, 1.165) is 15.5 Å². The lowest BCUT2D eigenvalue weighted by Gasteiger charge is -2.06. The Morgan fingerprint density at radius 3 is 2.74 bits per heavy atom. The van der Waals surface area contributed by atoms with E-state index < -0.39 is 4.92 Å². The molecule has 3 aromatic rings. The molecule has 1 aromatic carbocycles. The minimum Gasteiger partial charge on any atom is -0.264 e. The van der Waals surface area contributed by atoms with Gasteiger partial charge in [-0.25, -0.2) is 4.68 Å². The highest BCUT2D eigenvalue weighted by molar-refractivity contribution is 9.10. The van der Waals surface area contributed by atoms with Crippen LogP contribution in [0.4, 0.5) is 5.69 Å². The highest BCUT2D eigenvalue weighted by atomic mass is 79.9. The van der Waals surface area contributed by atoms with Crippen LogP contribution in [-0.2, 0) is 0 Å². The molecule has 0 aliphatic rings. The Morgan fingerprint density at radius 1 is 1.21 bits per heavy atom. The van der Waals surface area contributed by atoms with Crippen LogP contribution in [0.25, 0.3) is 16.5 Å². The number of nitrogens with zero attached hydrogens (tertiary/aromatic N) is 4. The van der Waals surface area contributed by atoms with Crippen LogP contribution in [0, 0.1) is 10.1 Å². The zero-order valence-electron chi connectivity index (χ0n) is 9.52. The Kier molecular flexibility index (Phi) is 2.75. The second-order valence-corrected chi connectivity index (χ2v) is 4.80. The van der Waals surface area contributed by atoms with Gasteiger partial charge in [-0.05, 0) is 28.1 Å². The number of pyridine rings is 1. The highest BCUT2D eigenvalue weighted by Crippen LogP contribution is 2.29. The molecule has 94 valence electrons. The van der Waals surface area contributed by atoms with Crippen molar-refractivity contribution < 1.29 is 4.92 Å². The maximum absolute atomic E-state index is 11.0. The molecular weight excluding hydrogens is 312 g/mol. The fraction of sp³-hybridized carbons (Fsp3) is 0. The molecule has 6 nitrogen and oxygen atoms in total. The predicted octanol–water partition coefficient (Wildman–Crippen LogP) is 3.09.